The quantitative estimate of drug-likeness (QED) is 0.511. The largest absolute Gasteiger partial charge is 0.350 e. The number of nitrogens with one attached hydrogen (secondary N) is 1. The van der Waals surface area contributed by atoms with Crippen LogP contribution in [-0.2, 0) is 21.2 Å². The van der Waals surface area contributed by atoms with Crippen LogP contribution in [0.5, 0.6) is 0 Å². The molecule has 222 valence electrons. The summed E-state index contributed by atoms with van der Waals surface area (Å²) in [6, 6.07) is 8.49. The Labute approximate surface area is 240 Å². The number of sulfonamides is 1. The van der Waals surface area contributed by atoms with Crippen LogP contribution in [0.3, 0.4) is 0 Å². The van der Waals surface area contributed by atoms with Gasteiger partial charge in [0.05, 0.1) is 4.90 Å². The number of hydrogen-bond donors (Lipinski definition) is 1. The van der Waals surface area contributed by atoms with Gasteiger partial charge in [0.1, 0.15) is 0 Å². The number of carbonyl (C=O) groups excluding carboxylic acids is 2. The molecule has 2 saturated heterocycles. The molecule has 3 aliphatic rings. The fourth-order valence-corrected chi connectivity index (χ4v) is 7.89. The normalized spacial score (nSPS) is 22.5. The third kappa shape index (κ3) is 6.32. The topological polar surface area (TPSA) is 90.0 Å². The van der Waals surface area contributed by atoms with Crippen molar-refractivity contribution in [3.05, 3.63) is 64.7 Å². The van der Waals surface area contributed by atoms with E-state index in [1.165, 1.54) is 28.6 Å². The maximum atomic E-state index is 13.9. The molecule has 2 heterocycles. The first-order valence-electron chi connectivity index (χ1n) is 14.4. The van der Waals surface area contributed by atoms with Gasteiger partial charge in [-0.2, -0.15) is 4.31 Å². The van der Waals surface area contributed by atoms with Crippen LogP contribution in [0.25, 0.3) is 0 Å². The van der Waals surface area contributed by atoms with E-state index in [0.29, 0.717) is 45.6 Å². The van der Waals surface area contributed by atoms with E-state index in [1.54, 1.807) is 12.1 Å². The standard InChI is InChI=1S/C30H38F2N4O4S/c1-20(25-9-8-21-17-27(31)28(32)18-26(21)25)15-29(37)36-10-4-6-23(36)19-33-30(38)22-5-3-7-24(16-22)41(39,40)35-13-11-34(2)12-14-35/h3,5,7,16-18,20,23,25H,4,6,8-15,19H2,1-2H3,(H,33,38). The van der Waals surface area contributed by atoms with Gasteiger partial charge in [0.15, 0.2) is 11.6 Å². The van der Waals surface area contributed by atoms with Crippen LogP contribution in [0.2, 0.25) is 0 Å². The second-order valence-corrected chi connectivity index (χ2v) is 13.6. The van der Waals surface area contributed by atoms with E-state index in [9.17, 15) is 26.8 Å². The SMILES string of the molecule is CC(CC(=O)N1CCCC1CNC(=O)c1cccc(S(=O)(=O)N2CCN(C)CC2)c1)C1CCc2cc(F)c(F)cc21. The second-order valence-electron chi connectivity index (χ2n) is 11.6. The average Bonchev–Trinajstić information content (AvgIpc) is 3.59. The van der Waals surface area contributed by atoms with Gasteiger partial charge in [-0.05, 0) is 86.0 Å². The molecule has 2 aromatic carbocycles. The summed E-state index contributed by atoms with van der Waals surface area (Å²) in [5, 5.41) is 2.90. The number of aryl methyl sites for hydroxylation is 1. The number of nitrogens with zero attached hydrogens (tertiary/aromatic N) is 3. The van der Waals surface area contributed by atoms with E-state index in [2.05, 4.69) is 10.2 Å². The van der Waals surface area contributed by atoms with Crippen molar-refractivity contribution in [1.82, 2.24) is 19.4 Å². The van der Waals surface area contributed by atoms with Crippen molar-refractivity contribution >= 4 is 21.8 Å². The van der Waals surface area contributed by atoms with Crippen LogP contribution in [-0.4, -0.2) is 86.7 Å². The summed E-state index contributed by atoms with van der Waals surface area (Å²) in [6.07, 6.45) is 3.31. The average molecular weight is 589 g/mol. The molecule has 2 aromatic rings. The van der Waals surface area contributed by atoms with Crippen LogP contribution in [0.1, 0.15) is 60.0 Å². The van der Waals surface area contributed by atoms with Crippen LogP contribution < -0.4 is 5.32 Å². The Bertz CT molecular complexity index is 1410. The zero-order valence-corrected chi connectivity index (χ0v) is 24.4. The molecule has 1 aliphatic carbocycles. The van der Waals surface area contributed by atoms with Crippen LogP contribution in [0.4, 0.5) is 8.78 Å². The molecular formula is C30H38F2N4O4S. The minimum Gasteiger partial charge on any atom is -0.350 e. The van der Waals surface area contributed by atoms with Gasteiger partial charge < -0.3 is 15.1 Å². The lowest BCUT2D eigenvalue weighted by atomic mass is 9.86. The molecule has 2 aliphatic heterocycles. The Morgan fingerprint density at radius 3 is 2.51 bits per heavy atom. The van der Waals surface area contributed by atoms with Gasteiger partial charge in [-0.15, -0.1) is 0 Å². The molecule has 3 unspecified atom stereocenters. The summed E-state index contributed by atoms with van der Waals surface area (Å²) in [5.41, 5.74) is 1.87. The molecule has 41 heavy (non-hydrogen) atoms. The highest BCUT2D eigenvalue weighted by Gasteiger charge is 2.34. The lowest BCUT2D eigenvalue weighted by Crippen LogP contribution is -2.47. The fourth-order valence-electron chi connectivity index (χ4n) is 6.42. The Balaban J connectivity index is 1.18. The molecule has 0 saturated carbocycles. The van der Waals surface area contributed by atoms with Gasteiger partial charge in [0.2, 0.25) is 15.9 Å². The molecule has 2 fully saturated rings. The highest BCUT2D eigenvalue weighted by atomic mass is 32.2. The molecule has 11 heteroatoms. The molecule has 0 radical (unpaired) electrons. The summed E-state index contributed by atoms with van der Waals surface area (Å²) in [4.78, 5) is 30.3. The van der Waals surface area contributed by atoms with Crippen LogP contribution >= 0.6 is 0 Å². The van der Waals surface area contributed by atoms with Crippen molar-refractivity contribution in [3.8, 4) is 0 Å². The van der Waals surface area contributed by atoms with E-state index >= 15 is 0 Å². The predicted molar refractivity (Wildman–Crippen MR) is 151 cm³/mol. The molecule has 2 amide bonds. The van der Waals surface area contributed by atoms with Gasteiger partial charge in [0, 0.05) is 57.3 Å². The number of rotatable bonds is 8. The molecule has 0 aromatic heterocycles. The van der Waals surface area contributed by atoms with Crippen molar-refractivity contribution in [1.29, 1.82) is 0 Å². The zero-order valence-electron chi connectivity index (χ0n) is 23.6. The van der Waals surface area contributed by atoms with E-state index in [-0.39, 0.29) is 46.7 Å². The van der Waals surface area contributed by atoms with Crippen molar-refractivity contribution in [2.24, 2.45) is 5.92 Å². The van der Waals surface area contributed by atoms with Gasteiger partial charge in [0.25, 0.3) is 5.91 Å². The molecule has 5 rings (SSSR count). The van der Waals surface area contributed by atoms with Gasteiger partial charge in [-0.3, -0.25) is 9.59 Å². The Morgan fingerprint density at radius 1 is 1.02 bits per heavy atom. The molecule has 1 N–H and O–H groups in total. The molecule has 3 atom stereocenters. The van der Waals surface area contributed by atoms with Crippen LogP contribution in [0.15, 0.2) is 41.3 Å². The number of hydrogen-bond acceptors (Lipinski definition) is 5. The number of fused-ring (bicyclic) bond motifs is 1. The number of carbonyl (C=O) groups is 2. The number of likely N-dealkylation sites (tertiary alicyclic amines) is 1. The van der Waals surface area contributed by atoms with E-state index in [0.717, 1.165) is 30.4 Å². The lowest BCUT2D eigenvalue weighted by molar-refractivity contribution is -0.133. The fraction of sp³-hybridized carbons (Fsp3) is 0.533. The molecule has 0 bridgehead atoms. The second kappa shape index (κ2) is 12.1. The third-order valence-electron chi connectivity index (χ3n) is 8.88. The van der Waals surface area contributed by atoms with Gasteiger partial charge in [-0.25, -0.2) is 17.2 Å². The first-order chi connectivity index (χ1) is 19.5. The highest BCUT2D eigenvalue weighted by molar-refractivity contribution is 7.89. The number of piperazine rings is 1. The maximum Gasteiger partial charge on any atom is 0.251 e. The minimum absolute atomic E-state index is 0.000734. The summed E-state index contributed by atoms with van der Waals surface area (Å²) in [5.74, 6) is -2.12. The van der Waals surface area contributed by atoms with E-state index in [1.807, 2.05) is 18.9 Å². The number of benzene rings is 2. The third-order valence-corrected chi connectivity index (χ3v) is 10.8. The minimum atomic E-state index is -3.70. The lowest BCUT2D eigenvalue weighted by Gasteiger charge is -2.31. The summed E-state index contributed by atoms with van der Waals surface area (Å²) in [7, 11) is -1.75. The molecule has 0 spiro atoms. The first-order valence-corrected chi connectivity index (χ1v) is 15.8. The first kappa shape index (κ1) is 29.6. The van der Waals surface area contributed by atoms with Crippen molar-refractivity contribution in [2.75, 3.05) is 46.3 Å². The smallest absolute Gasteiger partial charge is 0.251 e. The summed E-state index contributed by atoms with van der Waals surface area (Å²) in [6.45, 7) is 4.97. The highest BCUT2D eigenvalue weighted by Crippen LogP contribution is 2.41. The molecular weight excluding hydrogens is 550 g/mol. The number of likely N-dealkylation sites (N-methyl/N-ethyl adjacent to an activating group) is 1. The number of halogens is 2. The van der Waals surface area contributed by atoms with Crippen molar-refractivity contribution in [2.45, 2.75) is 55.9 Å². The Morgan fingerprint density at radius 2 is 1.76 bits per heavy atom. The molecule has 8 nitrogen and oxygen atoms in total. The van der Waals surface area contributed by atoms with Crippen LogP contribution in [0, 0.1) is 17.6 Å². The number of amides is 2. The van der Waals surface area contributed by atoms with E-state index in [4.69, 9.17) is 0 Å². The van der Waals surface area contributed by atoms with Crippen molar-refractivity contribution in [3.63, 3.8) is 0 Å². The Hall–Kier alpha value is -2.89. The zero-order chi connectivity index (χ0) is 29.3. The van der Waals surface area contributed by atoms with Gasteiger partial charge in [-0.1, -0.05) is 13.0 Å². The van der Waals surface area contributed by atoms with Gasteiger partial charge >= 0.3 is 0 Å². The summed E-state index contributed by atoms with van der Waals surface area (Å²) < 4.78 is 55.3. The predicted octanol–water partition coefficient (Wildman–Crippen LogP) is 3.38. The monoisotopic (exact) mass is 588 g/mol. The Kier molecular flexibility index (Phi) is 8.77. The van der Waals surface area contributed by atoms with E-state index < -0.39 is 21.7 Å². The van der Waals surface area contributed by atoms with Crippen molar-refractivity contribution < 1.29 is 26.8 Å². The summed E-state index contributed by atoms with van der Waals surface area (Å²) >= 11 is 0. The maximum absolute atomic E-state index is 13.9.